The van der Waals surface area contributed by atoms with Gasteiger partial charge in [-0.15, -0.1) is 0 Å². The van der Waals surface area contributed by atoms with E-state index >= 15 is 0 Å². The Morgan fingerprint density at radius 3 is 2.20 bits per heavy atom. The summed E-state index contributed by atoms with van der Waals surface area (Å²) >= 11 is 0. The summed E-state index contributed by atoms with van der Waals surface area (Å²) in [6.45, 7) is 2.06. The molecule has 0 aliphatic heterocycles. The lowest BCUT2D eigenvalue weighted by Crippen LogP contribution is -2.03. The third-order valence-electron chi connectivity index (χ3n) is 3.62. The minimum Gasteiger partial charge on any atom is -0.462 e. The zero-order valence-corrected chi connectivity index (χ0v) is 13.5. The fraction of sp³-hybridized carbons (Fsp3) is 0.100. The number of carbonyl (C=O) groups is 2. The molecule has 0 bridgehead atoms. The third kappa shape index (κ3) is 3.66. The Kier molecular flexibility index (Phi) is 4.75. The molecule has 0 N–H and O–H groups in total. The van der Waals surface area contributed by atoms with Gasteiger partial charge in [-0.25, -0.2) is 9.18 Å². The Hall–Kier alpha value is -3.21. The van der Waals surface area contributed by atoms with E-state index in [1.54, 1.807) is 43.3 Å². The molecule has 0 aliphatic rings. The van der Waals surface area contributed by atoms with Crippen LogP contribution in [-0.2, 0) is 4.74 Å². The third-order valence-corrected chi connectivity index (χ3v) is 3.62. The van der Waals surface area contributed by atoms with Crippen LogP contribution < -0.4 is 0 Å². The van der Waals surface area contributed by atoms with Gasteiger partial charge in [0, 0.05) is 11.1 Å². The van der Waals surface area contributed by atoms with E-state index in [1.165, 1.54) is 24.3 Å². The standard InChI is InChI=1S/C20H15FO4/c1-2-24-20(23)15-5-3-13(4-6-15)17-11-12-18(25-17)19(22)14-7-9-16(21)10-8-14/h3-12H,2H2,1H3. The van der Waals surface area contributed by atoms with Crippen molar-refractivity contribution in [2.24, 2.45) is 0 Å². The largest absolute Gasteiger partial charge is 0.462 e. The maximum Gasteiger partial charge on any atom is 0.338 e. The Labute approximate surface area is 143 Å². The van der Waals surface area contributed by atoms with Gasteiger partial charge in [0.25, 0.3) is 0 Å². The van der Waals surface area contributed by atoms with Crippen molar-refractivity contribution in [1.29, 1.82) is 0 Å². The lowest BCUT2D eigenvalue weighted by Gasteiger charge is -2.02. The quantitative estimate of drug-likeness (QED) is 0.508. The molecule has 0 spiro atoms. The van der Waals surface area contributed by atoms with Gasteiger partial charge in [-0.2, -0.15) is 0 Å². The second-order valence-corrected chi connectivity index (χ2v) is 5.30. The molecule has 0 fully saturated rings. The number of carbonyl (C=O) groups excluding carboxylic acids is 2. The van der Waals surface area contributed by atoms with Gasteiger partial charge in [-0.3, -0.25) is 4.79 Å². The van der Waals surface area contributed by atoms with E-state index in [2.05, 4.69) is 0 Å². The molecule has 2 aromatic carbocycles. The first kappa shape index (κ1) is 16.6. The average molecular weight is 338 g/mol. The van der Waals surface area contributed by atoms with Crippen LogP contribution in [0.5, 0.6) is 0 Å². The Morgan fingerprint density at radius 1 is 0.920 bits per heavy atom. The predicted molar refractivity (Wildman–Crippen MR) is 89.9 cm³/mol. The first-order valence-corrected chi connectivity index (χ1v) is 7.76. The maximum absolute atomic E-state index is 12.9. The second kappa shape index (κ2) is 7.13. The van der Waals surface area contributed by atoms with Crippen LogP contribution in [0.25, 0.3) is 11.3 Å². The molecule has 0 saturated carbocycles. The minimum absolute atomic E-state index is 0.163. The Bertz CT molecular complexity index is 892. The number of benzene rings is 2. The lowest BCUT2D eigenvalue weighted by molar-refractivity contribution is 0.0526. The van der Waals surface area contributed by atoms with Crippen molar-refractivity contribution < 1.29 is 23.1 Å². The van der Waals surface area contributed by atoms with Crippen molar-refractivity contribution >= 4 is 11.8 Å². The van der Waals surface area contributed by atoms with Crippen molar-refractivity contribution in [3.8, 4) is 11.3 Å². The van der Waals surface area contributed by atoms with Crippen LogP contribution in [0.15, 0.2) is 65.1 Å². The molecule has 0 saturated heterocycles. The molecule has 0 radical (unpaired) electrons. The fourth-order valence-corrected chi connectivity index (χ4v) is 2.34. The summed E-state index contributed by atoms with van der Waals surface area (Å²) in [5, 5.41) is 0. The van der Waals surface area contributed by atoms with Crippen molar-refractivity contribution in [1.82, 2.24) is 0 Å². The molecule has 0 aliphatic carbocycles. The van der Waals surface area contributed by atoms with Gasteiger partial charge in [0.1, 0.15) is 11.6 Å². The molecule has 1 aromatic heterocycles. The molecule has 126 valence electrons. The van der Waals surface area contributed by atoms with Crippen molar-refractivity contribution in [2.75, 3.05) is 6.61 Å². The molecule has 5 heteroatoms. The summed E-state index contributed by atoms with van der Waals surface area (Å²) in [6, 6.07) is 15.2. The number of rotatable bonds is 5. The molecule has 3 aromatic rings. The van der Waals surface area contributed by atoms with Gasteiger partial charge < -0.3 is 9.15 Å². The summed E-state index contributed by atoms with van der Waals surface area (Å²) in [7, 11) is 0. The number of ether oxygens (including phenoxy) is 1. The number of ketones is 1. The molecule has 0 amide bonds. The second-order valence-electron chi connectivity index (χ2n) is 5.30. The molecule has 0 unspecified atom stereocenters. The summed E-state index contributed by atoms with van der Waals surface area (Å²) < 4.78 is 23.5. The van der Waals surface area contributed by atoms with Gasteiger partial charge in [0.2, 0.25) is 5.78 Å². The van der Waals surface area contributed by atoms with Crippen LogP contribution >= 0.6 is 0 Å². The number of hydrogen-bond donors (Lipinski definition) is 0. The van der Waals surface area contributed by atoms with E-state index < -0.39 is 5.82 Å². The zero-order valence-electron chi connectivity index (χ0n) is 13.5. The van der Waals surface area contributed by atoms with Crippen molar-refractivity contribution in [3.05, 3.63) is 83.4 Å². The zero-order chi connectivity index (χ0) is 17.8. The molecule has 25 heavy (non-hydrogen) atoms. The smallest absolute Gasteiger partial charge is 0.338 e. The number of hydrogen-bond acceptors (Lipinski definition) is 4. The maximum atomic E-state index is 12.9. The van der Waals surface area contributed by atoms with Crippen LogP contribution in [0.1, 0.15) is 33.4 Å². The number of esters is 1. The van der Waals surface area contributed by atoms with E-state index in [9.17, 15) is 14.0 Å². The van der Waals surface area contributed by atoms with Crippen LogP contribution in [0.2, 0.25) is 0 Å². The van der Waals surface area contributed by atoms with Gasteiger partial charge >= 0.3 is 5.97 Å². The Balaban J connectivity index is 1.80. The van der Waals surface area contributed by atoms with Gasteiger partial charge in [-0.1, -0.05) is 12.1 Å². The van der Waals surface area contributed by atoms with Crippen LogP contribution in [0, 0.1) is 5.82 Å². The highest BCUT2D eigenvalue weighted by Gasteiger charge is 2.15. The topological polar surface area (TPSA) is 56.5 Å². The molecule has 3 rings (SSSR count). The highest BCUT2D eigenvalue weighted by atomic mass is 19.1. The minimum atomic E-state index is -0.404. The highest BCUT2D eigenvalue weighted by molar-refractivity contribution is 6.07. The van der Waals surface area contributed by atoms with Crippen LogP contribution in [-0.4, -0.2) is 18.4 Å². The van der Waals surface area contributed by atoms with Crippen LogP contribution in [0.3, 0.4) is 0 Å². The molecule has 0 atom stereocenters. The van der Waals surface area contributed by atoms with Gasteiger partial charge in [0.15, 0.2) is 5.76 Å². The SMILES string of the molecule is CCOC(=O)c1ccc(-c2ccc(C(=O)c3ccc(F)cc3)o2)cc1. The average Bonchev–Trinajstić information content (AvgIpc) is 3.12. The van der Waals surface area contributed by atoms with E-state index in [0.717, 1.165) is 5.56 Å². The van der Waals surface area contributed by atoms with E-state index in [1.807, 2.05) is 0 Å². The summed E-state index contributed by atoms with van der Waals surface area (Å²) in [4.78, 5) is 24.0. The first-order chi connectivity index (χ1) is 12.1. The summed E-state index contributed by atoms with van der Waals surface area (Å²) in [6.07, 6.45) is 0. The van der Waals surface area contributed by atoms with E-state index in [-0.39, 0.29) is 17.5 Å². The summed E-state index contributed by atoms with van der Waals surface area (Å²) in [5.41, 5.74) is 1.52. The lowest BCUT2D eigenvalue weighted by atomic mass is 10.1. The molecule has 1 heterocycles. The summed E-state index contributed by atoms with van der Waals surface area (Å²) in [5.74, 6) is -0.453. The van der Waals surface area contributed by atoms with Gasteiger partial charge in [-0.05, 0) is 55.5 Å². The fourth-order valence-electron chi connectivity index (χ4n) is 2.34. The molecular weight excluding hydrogens is 323 g/mol. The highest BCUT2D eigenvalue weighted by Crippen LogP contribution is 2.24. The van der Waals surface area contributed by atoms with Crippen LogP contribution in [0.4, 0.5) is 4.39 Å². The van der Waals surface area contributed by atoms with Gasteiger partial charge in [0.05, 0.1) is 12.2 Å². The van der Waals surface area contributed by atoms with Crippen molar-refractivity contribution in [3.63, 3.8) is 0 Å². The number of halogens is 1. The van der Waals surface area contributed by atoms with E-state index in [4.69, 9.17) is 9.15 Å². The normalized spacial score (nSPS) is 10.5. The molecular formula is C20H15FO4. The monoisotopic (exact) mass is 338 g/mol. The predicted octanol–water partition coefficient (Wildman–Crippen LogP) is 4.49. The van der Waals surface area contributed by atoms with E-state index in [0.29, 0.717) is 23.5 Å². The molecule has 4 nitrogen and oxygen atoms in total. The Morgan fingerprint density at radius 2 is 1.56 bits per heavy atom. The number of furan rings is 1. The van der Waals surface area contributed by atoms with Crippen molar-refractivity contribution in [2.45, 2.75) is 6.92 Å². The first-order valence-electron chi connectivity index (χ1n) is 7.76.